The summed E-state index contributed by atoms with van der Waals surface area (Å²) in [4.78, 5) is 2.33. The van der Waals surface area contributed by atoms with Crippen molar-refractivity contribution >= 4 is 11.8 Å². The molecule has 3 rings (SSSR count). The van der Waals surface area contributed by atoms with E-state index >= 15 is 0 Å². The zero-order valence-corrected chi connectivity index (χ0v) is 16.7. The first kappa shape index (κ1) is 19.8. The number of aromatic nitrogens is 3. The summed E-state index contributed by atoms with van der Waals surface area (Å²) in [5.74, 6) is 2.13. The molecule has 1 atom stereocenters. The van der Waals surface area contributed by atoms with Gasteiger partial charge in [-0.25, -0.2) is 4.39 Å². The van der Waals surface area contributed by atoms with Gasteiger partial charge in [-0.3, -0.25) is 4.90 Å². The van der Waals surface area contributed by atoms with Crippen LogP contribution < -0.4 is 0 Å². The maximum atomic E-state index is 13.4. The van der Waals surface area contributed by atoms with Gasteiger partial charge in [-0.15, -0.1) is 16.8 Å². The predicted molar refractivity (Wildman–Crippen MR) is 109 cm³/mol. The highest BCUT2D eigenvalue weighted by Crippen LogP contribution is 2.24. The summed E-state index contributed by atoms with van der Waals surface area (Å²) >= 11 is 1.58. The van der Waals surface area contributed by atoms with Crippen molar-refractivity contribution in [1.82, 2.24) is 19.7 Å². The quantitative estimate of drug-likeness (QED) is 0.463. The Bertz CT molecular complexity index is 786. The number of benzene rings is 1. The van der Waals surface area contributed by atoms with Crippen molar-refractivity contribution in [3.63, 3.8) is 0 Å². The fourth-order valence-corrected chi connectivity index (χ4v) is 4.31. The fourth-order valence-electron chi connectivity index (χ4n) is 3.40. The lowest BCUT2D eigenvalue weighted by Crippen LogP contribution is -2.27. The van der Waals surface area contributed by atoms with Gasteiger partial charge in [-0.1, -0.05) is 42.1 Å². The maximum absolute atomic E-state index is 13.4. The molecule has 0 saturated carbocycles. The van der Waals surface area contributed by atoms with Crippen LogP contribution in [0.5, 0.6) is 0 Å². The first-order valence-corrected chi connectivity index (χ1v) is 10.4. The number of nitrogens with zero attached hydrogens (tertiary/aromatic N) is 4. The van der Waals surface area contributed by atoms with Crippen LogP contribution in [0, 0.1) is 11.7 Å². The van der Waals surface area contributed by atoms with Gasteiger partial charge in [0.15, 0.2) is 5.16 Å². The first-order chi connectivity index (χ1) is 13.2. The molecule has 0 N–H and O–H groups in total. The summed E-state index contributed by atoms with van der Waals surface area (Å²) in [5.41, 5.74) is 0.942. The Labute approximate surface area is 165 Å². The largest absolute Gasteiger partial charge is 0.301 e. The molecule has 4 nitrogen and oxygen atoms in total. The SMILES string of the molecule is C=CCn1c(CN(C)C[C@@H]2CC=CCC2)nnc1SCc1cccc(F)c1. The Kier molecular flexibility index (Phi) is 7.24. The van der Waals surface area contributed by atoms with Crippen LogP contribution in [-0.4, -0.2) is 33.3 Å². The van der Waals surface area contributed by atoms with Gasteiger partial charge in [-0.2, -0.15) is 0 Å². The topological polar surface area (TPSA) is 34.0 Å². The summed E-state index contributed by atoms with van der Waals surface area (Å²) in [5, 5.41) is 9.63. The van der Waals surface area contributed by atoms with Crippen molar-refractivity contribution in [3.8, 4) is 0 Å². The molecule has 1 aromatic carbocycles. The highest BCUT2D eigenvalue weighted by molar-refractivity contribution is 7.98. The van der Waals surface area contributed by atoms with Crippen molar-refractivity contribution in [3.05, 3.63) is 66.3 Å². The van der Waals surface area contributed by atoms with Gasteiger partial charge in [-0.05, 0) is 49.9 Å². The van der Waals surface area contributed by atoms with Crippen molar-refractivity contribution < 1.29 is 4.39 Å². The van der Waals surface area contributed by atoms with E-state index in [0.717, 1.165) is 35.6 Å². The third kappa shape index (κ3) is 5.78. The molecule has 0 unspecified atom stereocenters. The molecule has 1 aromatic heterocycles. The van der Waals surface area contributed by atoms with E-state index in [1.54, 1.807) is 23.9 Å². The maximum Gasteiger partial charge on any atom is 0.191 e. The average molecular weight is 387 g/mol. The van der Waals surface area contributed by atoms with E-state index in [0.29, 0.717) is 12.3 Å². The Morgan fingerprint density at radius 3 is 3.00 bits per heavy atom. The lowest BCUT2D eigenvalue weighted by molar-refractivity contribution is 0.250. The van der Waals surface area contributed by atoms with Crippen LogP contribution in [0.1, 0.15) is 30.7 Å². The summed E-state index contributed by atoms with van der Waals surface area (Å²) in [6, 6.07) is 6.69. The minimum Gasteiger partial charge on any atom is -0.301 e. The lowest BCUT2D eigenvalue weighted by Gasteiger charge is -2.24. The molecular formula is C21H27FN4S. The molecule has 1 aliphatic carbocycles. The zero-order chi connectivity index (χ0) is 19.1. The summed E-state index contributed by atoms with van der Waals surface area (Å²) < 4.78 is 15.5. The van der Waals surface area contributed by atoms with E-state index < -0.39 is 0 Å². The standard InChI is InChI=1S/C21H27FN4S/c1-3-12-26-20(15-25(2)14-17-8-5-4-6-9-17)23-24-21(26)27-16-18-10-7-11-19(22)13-18/h3-5,7,10-11,13,17H,1,6,8-9,12,14-16H2,2H3/t17-/m1/s1. The van der Waals surface area contributed by atoms with Crippen LogP contribution in [0.3, 0.4) is 0 Å². The van der Waals surface area contributed by atoms with E-state index in [1.807, 2.05) is 12.1 Å². The van der Waals surface area contributed by atoms with E-state index in [2.05, 4.69) is 45.4 Å². The second-order valence-corrected chi connectivity index (χ2v) is 8.01. The van der Waals surface area contributed by atoms with Crippen LogP contribution in [0.2, 0.25) is 0 Å². The molecule has 1 heterocycles. The monoisotopic (exact) mass is 386 g/mol. The lowest BCUT2D eigenvalue weighted by atomic mass is 9.94. The molecule has 0 fully saturated rings. The fraction of sp³-hybridized carbons (Fsp3) is 0.429. The van der Waals surface area contributed by atoms with Crippen LogP contribution in [0.4, 0.5) is 4.39 Å². The third-order valence-electron chi connectivity index (χ3n) is 4.72. The first-order valence-electron chi connectivity index (χ1n) is 9.39. The van der Waals surface area contributed by atoms with Gasteiger partial charge in [0.2, 0.25) is 0 Å². The number of rotatable bonds is 9. The molecule has 144 valence electrons. The molecule has 27 heavy (non-hydrogen) atoms. The molecule has 0 bridgehead atoms. The number of halogens is 1. The number of allylic oxidation sites excluding steroid dienone is 3. The van der Waals surface area contributed by atoms with Crippen LogP contribution in [-0.2, 0) is 18.8 Å². The van der Waals surface area contributed by atoms with Gasteiger partial charge < -0.3 is 4.57 Å². The van der Waals surface area contributed by atoms with Crippen LogP contribution >= 0.6 is 11.8 Å². The smallest absolute Gasteiger partial charge is 0.191 e. The minimum atomic E-state index is -0.208. The molecule has 0 saturated heterocycles. The predicted octanol–water partition coefficient (Wildman–Crippen LogP) is 4.68. The third-order valence-corrected chi connectivity index (χ3v) is 5.76. The Morgan fingerprint density at radius 1 is 1.37 bits per heavy atom. The van der Waals surface area contributed by atoms with E-state index in [9.17, 15) is 4.39 Å². The molecule has 0 aliphatic heterocycles. The Balaban J connectivity index is 1.63. The zero-order valence-electron chi connectivity index (χ0n) is 15.9. The molecule has 0 spiro atoms. The van der Waals surface area contributed by atoms with E-state index in [4.69, 9.17) is 0 Å². The van der Waals surface area contributed by atoms with Crippen molar-refractivity contribution in [1.29, 1.82) is 0 Å². The van der Waals surface area contributed by atoms with Crippen molar-refractivity contribution in [2.75, 3.05) is 13.6 Å². The van der Waals surface area contributed by atoms with Crippen molar-refractivity contribution in [2.45, 2.75) is 43.3 Å². The normalized spacial score (nSPS) is 16.8. The Hall–Kier alpha value is -1.92. The van der Waals surface area contributed by atoms with Gasteiger partial charge in [0.1, 0.15) is 11.6 Å². The van der Waals surface area contributed by atoms with Crippen molar-refractivity contribution in [2.24, 2.45) is 5.92 Å². The van der Waals surface area contributed by atoms with Gasteiger partial charge in [0, 0.05) is 18.8 Å². The molecular weight excluding hydrogens is 359 g/mol. The van der Waals surface area contributed by atoms with Gasteiger partial charge in [0.25, 0.3) is 0 Å². The minimum absolute atomic E-state index is 0.208. The molecule has 0 amide bonds. The Morgan fingerprint density at radius 2 is 2.26 bits per heavy atom. The summed E-state index contributed by atoms with van der Waals surface area (Å²) in [7, 11) is 2.14. The van der Waals surface area contributed by atoms with E-state index in [-0.39, 0.29) is 5.82 Å². The second kappa shape index (κ2) is 9.85. The number of thioether (sulfide) groups is 1. The van der Waals surface area contributed by atoms with E-state index in [1.165, 1.54) is 25.3 Å². The highest BCUT2D eigenvalue weighted by atomic mass is 32.2. The molecule has 6 heteroatoms. The summed E-state index contributed by atoms with van der Waals surface area (Å²) in [6.07, 6.45) is 10.0. The van der Waals surface area contributed by atoms with Gasteiger partial charge >= 0.3 is 0 Å². The molecule has 2 aromatic rings. The number of hydrogen-bond donors (Lipinski definition) is 0. The summed E-state index contributed by atoms with van der Waals surface area (Å²) in [6.45, 7) is 6.37. The molecule has 1 aliphatic rings. The second-order valence-electron chi connectivity index (χ2n) is 7.06. The highest BCUT2D eigenvalue weighted by Gasteiger charge is 2.17. The van der Waals surface area contributed by atoms with Crippen LogP contribution in [0.25, 0.3) is 0 Å². The average Bonchev–Trinajstić information content (AvgIpc) is 3.03. The van der Waals surface area contributed by atoms with Gasteiger partial charge in [0.05, 0.1) is 6.54 Å². The molecule has 0 radical (unpaired) electrons. The van der Waals surface area contributed by atoms with Crippen LogP contribution in [0.15, 0.2) is 54.2 Å². The number of hydrogen-bond acceptors (Lipinski definition) is 4.